The van der Waals surface area contributed by atoms with Crippen molar-refractivity contribution >= 4 is 8.32 Å². The maximum atomic E-state index is 6.01. The maximum Gasteiger partial charge on any atom is 0.242 e. The highest BCUT2D eigenvalue weighted by Crippen LogP contribution is 2.36. The topological polar surface area (TPSA) is 9.23 Å². The molecule has 108 valence electrons. The molecule has 1 nitrogen and oxygen atoms in total. The van der Waals surface area contributed by atoms with Crippen molar-refractivity contribution < 1.29 is 4.43 Å². The van der Waals surface area contributed by atoms with Crippen molar-refractivity contribution in [1.29, 1.82) is 0 Å². The summed E-state index contributed by atoms with van der Waals surface area (Å²) in [5, 5.41) is 0. The summed E-state index contributed by atoms with van der Waals surface area (Å²) in [5.74, 6) is 1.01. The molecule has 0 bridgehead atoms. The Morgan fingerprint density at radius 1 is 0.895 bits per heavy atom. The first-order valence-electron chi connectivity index (χ1n) is 7.19. The molecule has 0 saturated heterocycles. The summed E-state index contributed by atoms with van der Waals surface area (Å²) >= 11 is 0. The Kier molecular flexibility index (Phi) is 4.56. The van der Waals surface area contributed by atoms with Crippen LogP contribution in [0.15, 0.2) is 24.3 Å². The number of hydrogen-bond acceptors (Lipinski definition) is 1. The Labute approximate surface area is 120 Å². The smallest absolute Gasteiger partial charge is 0.242 e. The fraction of sp³-hybridized carbons (Fsp3) is 0.647. The molecule has 1 rings (SSSR count). The van der Waals surface area contributed by atoms with Gasteiger partial charge in [0.15, 0.2) is 0 Å². The van der Waals surface area contributed by atoms with Crippen molar-refractivity contribution in [2.45, 2.75) is 66.1 Å². The molecule has 0 fully saturated rings. The molecule has 0 unspecified atom stereocenters. The Bertz CT molecular complexity index is 404. The number of rotatable bonds is 4. The van der Waals surface area contributed by atoms with Gasteiger partial charge in [-0.15, -0.1) is 0 Å². The molecule has 2 heteroatoms. The maximum absolute atomic E-state index is 6.01. The van der Waals surface area contributed by atoms with E-state index in [1.807, 2.05) is 0 Å². The minimum absolute atomic E-state index is 0.204. The van der Waals surface area contributed by atoms with E-state index < -0.39 is 8.32 Å². The third kappa shape index (κ3) is 5.81. The zero-order chi connectivity index (χ0) is 14.9. The average Bonchev–Trinajstić information content (AvgIpc) is 2.11. The quantitative estimate of drug-likeness (QED) is 0.650. The van der Waals surface area contributed by atoms with E-state index in [-0.39, 0.29) is 5.41 Å². The highest BCUT2D eigenvalue weighted by atomic mass is 28.4. The predicted octanol–water partition coefficient (Wildman–Crippen LogP) is 5.61. The Hall–Kier alpha value is -0.763. The minimum atomic E-state index is -1.50. The molecule has 19 heavy (non-hydrogen) atoms. The van der Waals surface area contributed by atoms with Gasteiger partial charge in [-0.05, 0) is 54.6 Å². The van der Waals surface area contributed by atoms with E-state index in [0.717, 1.165) is 5.75 Å². The van der Waals surface area contributed by atoms with Gasteiger partial charge in [0.25, 0.3) is 0 Å². The molecule has 0 aliphatic heterocycles. The summed E-state index contributed by atoms with van der Waals surface area (Å²) in [6.07, 6.45) is 1.17. The van der Waals surface area contributed by atoms with Gasteiger partial charge in [0.05, 0.1) is 0 Å². The van der Waals surface area contributed by atoms with E-state index >= 15 is 0 Å². The summed E-state index contributed by atoms with van der Waals surface area (Å²) in [7, 11) is -1.50. The molecule has 0 amide bonds. The molecule has 0 atom stereocenters. The monoisotopic (exact) mass is 278 g/mol. The molecule has 0 saturated carbocycles. The predicted molar refractivity (Wildman–Crippen MR) is 87.5 cm³/mol. The summed E-state index contributed by atoms with van der Waals surface area (Å²) in [5.41, 5.74) is 1.94. The summed E-state index contributed by atoms with van der Waals surface area (Å²) in [6.45, 7) is 18.2. The van der Waals surface area contributed by atoms with Crippen LogP contribution in [0.2, 0.25) is 19.6 Å². The van der Waals surface area contributed by atoms with E-state index in [4.69, 9.17) is 4.43 Å². The van der Waals surface area contributed by atoms with E-state index in [1.165, 1.54) is 12.0 Å². The average molecular weight is 279 g/mol. The molecule has 0 heterocycles. The highest BCUT2D eigenvalue weighted by Gasteiger charge is 2.27. The first kappa shape index (κ1) is 16.3. The molecule has 0 spiro atoms. The Morgan fingerprint density at radius 3 is 1.74 bits per heavy atom. The number of benzene rings is 1. The van der Waals surface area contributed by atoms with Crippen LogP contribution in [-0.2, 0) is 5.41 Å². The van der Waals surface area contributed by atoms with Crippen LogP contribution in [0.25, 0.3) is 0 Å². The molecule has 1 aromatic carbocycles. The van der Waals surface area contributed by atoms with Gasteiger partial charge in [0, 0.05) is 0 Å². The first-order valence-corrected chi connectivity index (χ1v) is 10.6. The second kappa shape index (κ2) is 5.32. The van der Waals surface area contributed by atoms with Gasteiger partial charge in [-0.3, -0.25) is 0 Å². The lowest BCUT2D eigenvalue weighted by molar-refractivity contribution is 0.284. The largest absolute Gasteiger partial charge is 0.544 e. The van der Waals surface area contributed by atoms with E-state index in [2.05, 4.69) is 78.5 Å². The Balaban J connectivity index is 2.86. The van der Waals surface area contributed by atoms with Crippen LogP contribution in [0.1, 0.15) is 46.6 Å². The highest BCUT2D eigenvalue weighted by molar-refractivity contribution is 6.70. The summed E-state index contributed by atoms with van der Waals surface area (Å²) in [4.78, 5) is 0. The fourth-order valence-corrected chi connectivity index (χ4v) is 3.60. The molecule has 0 radical (unpaired) electrons. The minimum Gasteiger partial charge on any atom is -0.544 e. The van der Waals surface area contributed by atoms with Gasteiger partial charge in [-0.2, -0.15) is 0 Å². The van der Waals surface area contributed by atoms with Gasteiger partial charge in [-0.1, -0.05) is 46.8 Å². The van der Waals surface area contributed by atoms with Crippen molar-refractivity contribution in [3.63, 3.8) is 0 Å². The molecule has 0 aromatic heterocycles. The molecule has 0 aliphatic carbocycles. The molecular formula is C17H30OSi. The second-order valence-electron chi connectivity index (χ2n) is 8.36. The second-order valence-corrected chi connectivity index (χ2v) is 12.8. The SMILES string of the molecule is CC(C)(C)CC(C)(C)c1ccc(O[Si](C)(C)C)cc1. The molecular weight excluding hydrogens is 248 g/mol. The van der Waals surface area contributed by atoms with Gasteiger partial charge >= 0.3 is 0 Å². The van der Waals surface area contributed by atoms with Crippen LogP contribution < -0.4 is 4.43 Å². The van der Waals surface area contributed by atoms with Gasteiger partial charge < -0.3 is 4.43 Å². The lowest BCUT2D eigenvalue weighted by Crippen LogP contribution is -2.29. The van der Waals surface area contributed by atoms with Crippen LogP contribution in [-0.4, -0.2) is 8.32 Å². The van der Waals surface area contributed by atoms with E-state index in [9.17, 15) is 0 Å². The lowest BCUT2D eigenvalue weighted by atomic mass is 9.72. The summed E-state index contributed by atoms with van der Waals surface area (Å²) < 4.78 is 6.01. The molecule has 0 aliphatic rings. The van der Waals surface area contributed by atoms with Crippen LogP contribution in [0, 0.1) is 5.41 Å². The normalized spacial score (nSPS) is 13.5. The van der Waals surface area contributed by atoms with Crippen molar-refractivity contribution in [1.82, 2.24) is 0 Å². The first-order chi connectivity index (χ1) is 8.39. The summed E-state index contributed by atoms with van der Waals surface area (Å²) in [6, 6.07) is 8.69. The van der Waals surface area contributed by atoms with Crippen molar-refractivity contribution in [3.05, 3.63) is 29.8 Å². The standard InChI is InChI=1S/C17H30OSi/c1-16(2,3)13-17(4,5)14-9-11-15(12-10-14)18-19(6,7)8/h9-12H,13H2,1-8H3. The van der Waals surface area contributed by atoms with Crippen LogP contribution in [0.3, 0.4) is 0 Å². The van der Waals surface area contributed by atoms with Crippen molar-refractivity contribution in [2.24, 2.45) is 5.41 Å². The number of hydrogen-bond donors (Lipinski definition) is 0. The van der Waals surface area contributed by atoms with Gasteiger partial charge in [-0.25, -0.2) is 0 Å². The van der Waals surface area contributed by atoms with Gasteiger partial charge in [0.1, 0.15) is 5.75 Å². The third-order valence-corrected chi connectivity index (χ3v) is 3.88. The fourth-order valence-electron chi connectivity index (χ4n) is 2.76. The molecule has 1 aromatic rings. The zero-order valence-electron chi connectivity index (χ0n) is 13.9. The van der Waals surface area contributed by atoms with Crippen LogP contribution >= 0.6 is 0 Å². The Morgan fingerprint density at radius 2 is 1.37 bits per heavy atom. The third-order valence-electron chi connectivity index (χ3n) is 3.03. The zero-order valence-corrected chi connectivity index (χ0v) is 14.9. The van der Waals surface area contributed by atoms with E-state index in [1.54, 1.807) is 0 Å². The van der Waals surface area contributed by atoms with Gasteiger partial charge in [0.2, 0.25) is 8.32 Å². The van der Waals surface area contributed by atoms with Crippen molar-refractivity contribution in [3.8, 4) is 5.75 Å². The van der Waals surface area contributed by atoms with E-state index in [0.29, 0.717) is 5.41 Å². The van der Waals surface area contributed by atoms with Crippen molar-refractivity contribution in [2.75, 3.05) is 0 Å². The van der Waals surface area contributed by atoms with Crippen LogP contribution in [0.5, 0.6) is 5.75 Å². The lowest BCUT2D eigenvalue weighted by Gasteiger charge is -2.33. The van der Waals surface area contributed by atoms with Crippen LogP contribution in [0.4, 0.5) is 0 Å². The molecule has 0 N–H and O–H groups in total.